The third-order valence-corrected chi connectivity index (χ3v) is 12.8. The van der Waals surface area contributed by atoms with Gasteiger partial charge in [0.25, 0.3) is 0 Å². The largest absolute Gasteiger partial charge is 0.647 e. The fourth-order valence-electron chi connectivity index (χ4n) is 7.76. The third-order valence-electron chi connectivity index (χ3n) is 11.5. The number of benzene rings is 3. The van der Waals surface area contributed by atoms with Gasteiger partial charge in [-0.1, -0.05) is 57.7 Å². The molecular weight excluding hydrogens is 972 g/mol. The van der Waals surface area contributed by atoms with Gasteiger partial charge < -0.3 is 42.0 Å². The summed E-state index contributed by atoms with van der Waals surface area (Å²) in [5.74, 6) is -2.79. The molecule has 3 aromatic rings. The van der Waals surface area contributed by atoms with Crippen LogP contribution in [0.3, 0.4) is 0 Å². The molecule has 0 saturated carbocycles. The minimum absolute atomic E-state index is 0.0962. The minimum atomic E-state index is -4.78. The number of aryl methyl sites for hydroxylation is 3. The molecule has 16 nitrogen and oxygen atoms in total. The van der Waals surface area contributed by atoms with E-state index in [4.69, 9.17) is 42.0 Å². The van der Waals surface area contributed by atoms with Crippen molar-refractivity contribution < 1.29 is 75.3 Å². The third kappa shape index (κ3) is 20.6. The molecule has 0 saturated heterocycles. The Labute approximate surface area is 434 Å². The van der Waals surface area contributed by atoms with Crippen LogP contribution in [0.2, 0.25) is 0 Å². The van der Waals surface area contributed by atoms with E-state index in [0.29, 0.717) is 93.7 Å². The maximum Gasteiger partial charge on any atom is 0.647 e. The molecule has 0 fully saturated rings. The van der Waals surface area contributed by atoms with E-state index in [1.165, 1.54) is 0 Å². The molecule has 0 aliphatic carbocycles. The molecule has 0 aliphatic heterocycles. The van der Waals surface area contributed by atoms with Crippen molar-refractivity contribution in [3.8, 4) is 17.2 Å². The standard InChI is InChI=1S/C57H69O16P/c1-10-52(58)65-34-16-22-43-28-31-49(40(7)46(43)25-19-37-68-55(61)13-4)71-74(64,72-50-32-29-44(23-17-35-66-53(59)11-2)47(41(50)8)26-20-38-69-56(62)14-5)73-51-33-30-45(24-18-36-67-54(60)12-3)48(42(51)9)27-21-39-70-57(63)15-6/h10-15,28-33H,1-6,16-27,34-39H2,7-9H3. The maximum atomic E-state index is 15.7. The van der Waals surface area contributed by atoms with Crippen molar-refractivity contribution in [3.63, 3.8) is 0 Å². The molecule has 3 rings (SSSR count). The van der Waals surface area contributed by atoms with E-state index in [-0.39, 0.29) is 56.9 Å². The first-order valence-corrected chi connectivity index (χ1v) is 25.8. The van der Waals surface area contributed by atoms with Gasteiger partial charge in [-0.05, 0) is 166 Å². The Hall–Kier alpha value is -7.45. The molecule has 398 valence electrons. The molecule has 0 atom stereocenters. The smallest absolute Gasteiger partial charge is 0.463 e. The van der Waals surface area contributed by atoms with Gasteiger partial charge in [0, 0.05) is 36.5 Å². The lowest BCUT2D eigenvalue weighted by Gasteiger charge is -2.25. The van der Waals surface area contributed by atoms with Gasteiger partial charge in [-0.3, -0.25) is 0 Å². The molecule has 3 aromatic carbocycles. The second kappa shape index (κ2) is 32.6. The first-order valence-electron chi connectivity index (χ1n) is 24.3. The zero-order valence-corrected chi connectivity index (χ0v) is 43.8. The fourth-order valence-corrected chi connectivity index (χ4v) is 9.19. The second-order valence-corrected chi connectivity index (χ2v) is 18.0. The normalized spacial score (nSPS) is 10.7. The van der Waals surface area contributed by atoms with Gasteiger partial charge in [-0.2, -0.15) is 4.57 Å². The quantitative estimate of drug-likeness (QED) is 0.0175. The van der Waals surface area contributed by atoms with Crippen LogP contribution >= 0.6 is 7.82 Å². The number of phosphoric ester groups is 1. The Balaban J connectivity index is 2.21. The first kappa shape index (κ1) is 60.9. The van der Waals surface area contributed by atoms with Crippen LogP contribution in [-0.2, 0) is 100 Å². The van der Waals surface area contributed by atoms with E-state index in [2.05, 4.69) is 39.5 Å². The van der Waals surface area contributed by atoms with E-state index in [1.807, 2.05) is 18.2 Å². The summed E-state index contributed by atoms with van der Waals surface area (Å²) in [6, 6.07) is 10.5. The number of carbonyl (C=O) groups is 6. The van der Waals surface area contributed by atoms with Gasteiger partial charge in [0.2, 0.25) is 0 Å². The Morgan fingerprint density at radius 1 is 0.365 bits per heavy atom. The van der Waals surface area contributed by atoms with Gasteiger partial charge in [0.15, 0.2) is 0 Å². The van der Waals surface area contributed by atoms with Crippen molar-refractivity contribution in [2.45, 2.75) is 97.8 Å². The summed E-state index contributed by atoms with van der Waals surface area (Å²) in [5, 5.41) is 0. The molecule has 0 aromatic heterocycles. The molecule has 0 aliphatic rings. The average molecular weight is 1040 g/mol. The van der Waals surface area contributed by atoms with Crippen LogP contribution in [-0.4, -0.2) is 75.5 Å². The minimum Gasteiger partial charge on any atom is -0.463 e. The van der Waals surface area contributed by atoms with E-state index >= 15 is 4.57 Å². The molecule has 17 heteroatoms. The zero-order chi connectivity index (χ0) is 54.5. The van der Waals surface area contributed by atoms with Crippen molar-refractivity contribution >= 4 is 43.6 Å². The zero-order valence-electron chi connectivity index (χ0n) is 42.9. The lowest BCUT2D eigenvalue weighted by atomic mass is 9.94. The average Bonchev–Trinajstić information content (AvgIpc) is 3.39. The number of hydrogen-bond acceptors (Lipinski definition) is 16. The summed E-state index contributed by atoms with van der Waals surface area (Å²) in [7, 11) is -4.78. The van der Waals surface area contributed by atoms with Gasteiger partial charge in [0.05, 0.1) is 39.6 Å². The predicted octanol–water partition coefficient (Wildman–Crippen LogP) is 10.2. The predicted molar refractivity (Wildman–Crippen MR) is 280 cm³/mol. The molecule has 0 heterocycles. The lowest BCUT2D eigenvalue weighted by Crippen LogP contribution is -2.13. The second-order valence-electron chi connectivity index (χ2n) is 16.6. The van der Waals surface area contributed by atoms with Crippen LogP contribution < -0.4 is 13.6 Å². The summed E-state index contributed by atoms with van der Waals surface area (Å²) in [5.41, 5.74) is 6.92. The van der Waals surface area contributed by atoms with Crippen LogP contribution in [0.15, 0.2) is 112 Å². The number of phosphoric acid groups is 1. The van der Waals surface area contributed by atoms with Gasteiger partial charge in [-0.15, -0.1) is 0 Å². The van der Waals surface area contributed by atoms with Crippen LogP contribution in [0.5, 0.6) is 17.2 Å². The van der Waals surface area contributed by atoms with Gasteiger partial charge >= 0.3 is 43.6 Å². The summed E-state index contributed by atoms with van der Waals surface area (Å²) in [6.45, 7) is 26.8. The highest BCUT2D eigenvalue weighted by atomic mass is 31.2. The fraction of sp³-hybridized carbons (Fsp3) is 0.368. The molecular formula is C57H69O16P. The number of carbonyl (C=O) groups excluding carboxylic acids is 6. The number of ether oxygens (including phenoxy) is 6. The van der Waals surface area contributed by atoms with E-state index < -0.39 is 43.6 Å². The molecule has 0 bridgehead atoms. The Bertz CT molecular complexity index is 2280. The summed E-state index contributed by atoms with van der Waals surface area (Å²) in [4.78, 5) is 71.0. The Kier molecular flexibility index (Phi) is 26.8. The SMILES string of the molecule is C=CC(=O)OCCCc1ccc(OP(=O)(Oc2ccc(CCCOC(=O)C=C)c(CCCOC(=O)C=C)c2C)Oc2ccc(CCCOC(=O)C=C)c(CCCOC(=O)C=C)c2C)c(C)c1CCCOC(=O)C=C. The number of hydrogen-bond donors (Lipinski definition) is 0. The van der Waals surface area contributed by atoms with Crippen LogP contribution in [0.4, 0.5) is 0 Å². The highest BCUT2D eigenvalue weighted by Gasteiger charge is 2.36. The van der Waals surface area contributed by atoms with Crippen molar-refractivity contribution in [3.05, 3.63) is 162 Å². The van der Waals surface area contributed by atoms with Gasteiger partial charge in [-0.25, -0.2) is 28.8 Å². The molecule has 0 spiro atoms. The van der Waals surface area contributed by atoms with E-state index in [9.17, 15) is 28.8 Å². The molecule has 0 radical (unpaired) electrons. The highest BCUT2D eigenvalue weighted by molar-refractivity contribution is 7.49. The summed E-state index contributed by atoms with van der Waals surface area (Å²) < 4.78 is 66.7. The Morgan fingerprint density at radius 2 is 0.568 bits per heavy atom. The van der Waals surface area contributed by atoms with Crippen molar-refractivity contribution in [1.29, 1.82) is 0 Å². The topological polar surface area (TPSA) is 203 Å². The molecule has 0 amide bonds. The number of rotatable bonds is 36. The Morgan fingerprint density at radius 3 is 0.770 bits per heavy atom. The summed E-state index contributed by atoms with van der Waals surface area (Å²) in [6.07, 6.45) is 11.9. The lowest BCUT2D eigenvalue weighted by molar-refractivity contribution is -0.138. The van der Waals surface area contributed by atoms with E-state index in [0.717, 1.165) is 69.8 Å². The monoisotopic (exact) mass is 1040 g/mol. The van der Waals surface area contributed by atoms with E-state index in [1.54, 1.807) is 39.0 Å². The van der Waals surface area contributed by atoms with Crippen LogP contribution in [0, 0.1) is 20.8 Å². The van der Waals surface area contributed by atoms with Crippen molar-refractivity contribution in [2.75, 3.05) is 39.6 Å². The van der Waals surface area contributed by atoms with Crippen molar-refractivity contribution in [2.24, 2.45) is 0 Å². The molecule has 74 heavy (non-hydrogen) atoms. The summed E-state index contributed by atoms with van der Waals surface area (Å²) >= 11 is 0. The highest BCUT2D eigenvalue weighted by Crippen LogP contribution is 2.53. The molecule has 0 N–H and O–H groups in total. The first-order chi connectivity index (χ1) is 35.5. The number of esters is 6. The molecule has 0 unspecified atom stereocenters. The van der Waals surface area contributed by atoms with Crippen LogP contribution in [0.1, 0.15) is 88.6 Å². The van der Waals surface area contributed by atoms with Gasteiger partial charge in [0.1, 0.15) is 17.2 Å². The van der Waals surface area contributed by atoms with Crippen LogP contribution in [0.25, 0.3) is 0 Å². The van der Waals surface area contributed by atoms with Crippen molar-refractivity contribution in [1.82, 2.24) is 0 Å². The maximum absolute atomic E-state index is 15.7.